The molecule has 0 fully saturated rings. The van der Waals surface area contributed by atoms with Crippen LogP contribution in [0.25, 0.3) is 0 Å². The van der Waals surface area contributed by atoms with E-state index < -0.39 is 0 Å². The summed E-state index contributed by atoms with van der Waals surface area (Å²) < 4.78 is 5.73. The average Bonchev–Trinajstić information content (AvgIpc) is 2.52. The lowest BCUT2D eigenvalue weighted by Crippen LogP contribution is -2.18. The van der Waals surface area contributed by atoms with Crippen molar-refractivity contribution >= 4 is 11.7 Å². The number of anilines is 1. The maximum absolute atomic E-state index is 12.3. The molecule has 124 valence electrons. The Bertz CT molecular complexity index is 426. The lowest BCUT2D eigenvalue weighted by atomic mass is 10.1. The molecule has 0 aliphatic carbocycles. The molecule has 0 N–H and O–H groups in total. The van der Waals surface area contributed by atoms with E-state index in [1.54, 1.807) is 0 Å². The zero-order chi connectivity index (χ0) is 16.4. The van der Waals surface area contributed by atoms with Crippen LogP contribution in [-0.2, 0) is 4.74 Å². The van der Waals surface area contributed by atoms with Crippen LogP contribution in [0.4, 0.5) is 5.69 Å². The van der Waals surface area contributed by atoms with Crippen molar-refractivity contribution in [3.8, 4) is 0 Å². The van der Waals surface area contributed by atoms with E-state index in [-0.39, 0.29) is 12.1 Å². The molecule has 1 atom stereocenters. The minimum absolute atomic E-state index is 0.0625. The van der Waals surface area contributed by atoms with Crippen LogP contribution in [0.15, 0.2) is 24.3 Å². The lowest BCUT2D eigenvalue weighted by Gasteiger charge is -2.18. The monoisotopic (exact) mass is 305 g/mol. The number of hydrogen-bond acceptors (Lipinski definition) is 3. The van der Waals surface area contributed by atoms with Gasteiger partial charge in [-0.2, -0.15) is 0 Å². The summed E-state index contributed by atoms with van der Waals surface area (Å²) in [6, 6.07) is 7.60. The summed E-state index contributed by atoms with van der Waals surface area (Å²) in [5.41, 5.74) is 1.73. The Morgan fingerprint density at radius 3 is 2.14 bits per heavy atom. The summed E-state index contributed by atoms with van der Waals surface area (Å²) in [5, 5.41) is 0. The standard InChI is InChI=1S/C19H31NO2/c1-5-7-9-11-18(10-8-6-2)22-19(21)16-12-14-17(15-13-16)20(3)4/h12-15,18H,5-11H2,1-4H3. The van der Waals surface area contributed by atoms with Gasteiger partial charge in [0.05, 0.1) is 5.56 Å². The van der Waals surface area contributed by atoms with E-state index in [0.717, 1.165) is 37.8 Å². The van der Waals surface area contributed by atoms with Gasteiger partial charge >= 0.3 is 5.97 Å². The normalized spacial score (nSPS) is 12.0. The third-order valence-corrected chi connectivity index (χ3v) is 3.90. The summed E-state index contributed by atoms with van der Waals surface area (Å²) in [7, 11) is 3.98. The van der Waals surface area contributed by atoms with Crippen LogP contribution in [0.1, 0.15) is 69.2 Å². The van der Waals surface area contributed by atoms with Crippen molar-refractivity contribution < 1.29 is 9.53 Å². The van der Waals surface area contributed by atoms with E-state index in [9.17, 15) is 4.79 Å². The van der Waals surface area contributed by atoms with Crippen LogP contribution in [0.2, 0.25) is 0 Å². The summed E-state index contributed by atoms with van der Waals surface area (Å²) in [5.74, 6) is -0.192. The Balaban J connectivity index is 2.59. The van der Waals surface area contributed by atoms with Crippen LogP contribution in [0.5, 0.6) is 0 Å². The maximum Gasteiger partial charge on any atom is 0.338 e. The average molecular weight is 305 g/mol. The molecule has 1 unspecified atom stereocenters. The number of esters is 1. The van der Waals surface area contributed by atoms with Gasteiger partial charge in [-0.15, -0.1) is 0 Å². The molecular formula is C19H31NO2. The van der Waals surface area contributed by atoms with Gasteiger partial charge in [0.1, 0.15) is 6.10 Å². The first-order valence-corrected chi connectivity index (χ1v) is 8.56. The summed E-state index contributed by atoms with van der Waals surface area (Å²) >= 11 is 0. The number of nitrogens with zero attached hydrogens (tertiary/aromatic N) is 1. The molecule has 1 aromatic carbocycles. The van der Waals surface area contributed by atoms with Crippen molar-refractivity contribution in [3.05, 3.63) is 29.8 Å². The van der Waals surface area contributed by atoms with Gasteiger partial charge in [-0.05, 0) is 43.5 Å². The second kappa shape index (κ2) is 10.3. The van der Waals surface area contributed by atoms with Crippen molar-refractivity contribution in [1.29, 1.82) is 0 Å². The summed E-state index contributed by atoms with van der Waals surface area (Å²) in [4.78, 5) is 14.3. The Morgan fingerprint density at radius 2 is 1.59 bits per heavy atom. The zero-order valence-corrected chi connectivity index (χ0v) is 14.6. The van der Waals surface area contributed by atoms with Crippen molar-refractivity contribution in [1.82, 2.24) is 0 Å². The van der Waals surface area contributed by atoms with Gasteiger partial charge in [0.15, 0.2) is 0 Å². The van der Waals surface area contributed by atoms with E-state index >= 15 is 0 Å². The molecule has 0 heterocycles. The van der Waals surface area contributed by atoms with E-state index in [0.29, 0.717) is 5.56 Å². The van der Waals surface area contributed by atoms with E-state index in [1.807, 2.05) is 43.3 Å². The number of rotatable bonds is 10. The van der Waals surface area contributed by atoms with Gasteiger partial charge in [-0.25, -0.2) is 4.79 Å². The van der Waals surface area contributed by atoms with Gasteiger partial charge < -0.3 is 9.64 Å². The van der Waals surface area contributed by atoms with Gasteiger partial charge in [-0.3, -0.25) is 0 Å². The van der Waals surface area contributed by atoms with Crippen LogP contribution >= 0.6 is 0 Å². The Kier molecular flexibility index (Phi) is 8.64. The van der Waals surface area contributed by atoms with Crippen molar-refractivity contribution in [3.63, 3.8) is 0 Å². The minimum atomic E-state index is -0.192. The molecule has 0 saturated carbocycles. The molecule has 0 radical (unpaired) electrons. The highest BCUT2D eigenvalue weighted by Crippen LogP contribution is 2.17. The molecule has 0 spiro atoms. The molecule has 0 saturated heterocycles. The molecule has 0 bridgehead atoms. The van der Waals surface area contributed by atoms with Crippen LogP contribution in [0, 0.1) is 0 Å². The third-order valence-electron chi connectivity index (χ3n) is 3.90. The number of carbonyl (C=O) groups excluding carboxylic acids is 1. The predicted octanol–water partition coefficient (Wildman–Crippen LogP) is 5.05. The minimum Gasteiger partial charge on any atom is -0.459 e. The van der Waals surface area contributed by atoms with Crippen LogP contribution < -0.4 is 4.90 Å². The number of unbranched alkanes of at least 4 members (excludes halogenated alkanes) is 3. The number of hydrogen-bond donors (Lipinski definition) is 0. The predicted molar refractivity (Wildman–Crippen MR) is 93.6 cm³/mol. The van der Waals surface area contributed by atoms with Crippen molar-refractivity contribution in [2.24, 2.45) is 0 Å². The molecule has 22 heavy (non-hydrogen) atoms. The Morgan fingerprint density at radius 1 is 1.00 bits per heavy atom. The summed E-state index contributed by atoms with van der Waals surface area (Å²) in [6.07, 6.45) is 7.81. The molecule has 0 aliphatic rings. The van der Waals surface area contributed by atoms with Gasteiger partial charge in [0, 0.05) is 19.8 Å². The second-order valence-electron chi connectivity index (χ2n) is 6.11. The smallest absolute Gasteiger partial charge is 0.338 e. The topological polar surface area (TPSA) is 29.5 Å². The van der Waals surface area contributed by atoms with Crippen LogP contribution in [0.3, 0.4) is 0 Å². The van der Waals surface area contributed by atoms with Crippen molar-refractivity contribution in [2.75, 3.05) is 19.0 Å². The first kappa shape index (κ1) is 18.5. The van der Waals surface area contributed by atoms with E-state index in [4.69, 9.17) is 4.74 Å². The number of ether oxygens (including phenoxy) is 1. The molecule has 0 aliphatic heterocycles. The van der Waals surface area contributed by atoms with Crippen molar-refractivity contribution in [2.45, 2.75) is 64.9 Å². The molecule has 1 rings (SSSR count). The molecule has 3 nitrogen and oxygen atoms in total. The molecule has 1 aromatic rings. The number of benzene rings is 1. The highest BCUT2D eigenvalue weighted by Gasteiger charge is 2.15. The highest BCUT2D eigenvalue weighted by molar-refractivity contribution is 5.89. The Hall–Kier alpha value is -1.51. The second-order valence-corrected chi connectivity index (χ2v) is 6.11. The zero-order valence-electron chi connectivity index (χ0n) is 14.6. The maximum atomic E-state index is 12.3. The fourth-order valence-electron chi connectivity index (χ4n) is 2.43. The Labute approximate surface area is 135 Å². The highest BCUT2D eigenvalue weighted by atomic mass is 16.5. The van der Waals surface area contributed by atoms with E-state index in [2.05, 4.69) is 13.8 Å². The first-order valence-electron chi connectivity index (χ1n) is 8.56. The molecular weight excluding hydrogens is 274 g/mol. The lowest BCUT2D eigenvalue weighted by molar-refractivity contribution is 0.0250. The van der Waals surface area contributed by atoms with Gasteiger partial charge in [-0.1, -0.05) is 39.5 Å². The van der Waals surface area contributed by atoms with Gasteiger partial charge in [0.25, 0.3) is 0 Å². The quantitative estimate of drug-likeness (QED) is 0.447. The first-order chi connectivity index (χ1) is 10.6. The number of carbonyl (C=O) groups is 1. The fraction of sp³-hybridized carbons (Fsp3) is 0.632. The summed E-state index contributed by atoms with van der Waals surface area (Å²) in [6.45, 7) is 4.37. The SMILES string of the molecule is CCCCCC(CCCC)OC(=O)c1ccc(N(C)C)cc1. The van der Waals surface area contributed by atoms with Crippen LogP contribution in [-0.4, -0.2) is 26.2 Å². The van der Waals surface area contributed by atoms with E-state index in [1.165, 1.54) is 12.8 Å². The third kappa shape index (κ3) is 6.50. The molecule has 0 amide bonds. The molecule has 3 heteroatoms. The fourth-order valence-corrected chi connectivity index (χ4v) is 2.43. The van der Waals surface area contributed by atoms with Gasteiger partial charge in [0.2, 0.25) is 0 Å². The molecule has 0 aromatic heterocycles. The largest absolute Gasteiger partial charge is 0.459 e.